The van der Waals surface area contributed by atoms with Crippen molar-refractivity contribution in [3.05, 3.63) is 35.9 Å². The molecule has 0 radical (unpaired) electrons. The van der Waals surface area contributed by atoms with E-state index in [4.69, 9.17) is 0 Å². The molecular weight excluding hydrogens is 266 g/mol. The van der Waals surface area contributed by atoms with Crippen molar-refractivity contribution in [2.75, 3.05) is 0 Å². The highest BCUT2D eigenvalue weighted by Gasteiger charge is 2.28. The van der Waals surface area contributed by atoms with E-state index in [9.17, 15) is 14.7 Å². The molecule has 0 fully saturated rings. The molecule has 0 aliphatic rings. The number of carboxylic acids is 1. The first-order chi connectivity index (χ1) is 9.97. The molecule has 0 aromatic heterocycles. The van der Waals surface area contributed by atoms with Crippen molar-refractivity contribution in [3.63, 3.8) is 0 Å². The van der Waals surface area contributed by atoms with Crippen LogP contribution in [-0.2, 0) is 9.59 Å². The van der Waals surface area contributed by atoms with E-state index in [-0.39, 0.29) is 17.7 Å². The average molecular weight is 291 g/mol. The number of benzene rings is 1. The second kappa shape index (κ2) is 8.45. The highest BCUT2D eigenvalue weighted by atomic mass is 16.4. The Hall–Kier alpha value is -1.84. The van der Waals surface area contributed by atoms with Crippen LogP contribution in [0.3, 0.4) is 0 Å². The molecule has 0 heterocycles. The van der Waals surface area contributed by atoms with Crippen molar-refractivity contribution in [2.45, 2.75) is 52.0 Å². The summed E-state index contributed by atoms with van der Waals surface area (Å²) in [5.41, 5.74) is 0.921. The van der Waals surface area contributed by atoms with Gasteiger partial charge in [-0.25, -0.2) is 4.79 Å². The Labute approximate surface area is 126 Å². The molecule has 0 aliphatic heterocycles. The van der Waals surface area contributed by atoms with Gasteiger partial charge in [0.25, 0.3) is 0 Å². The first kappa shape index (κ1) is 17.2. The lowest BCUT2D eigenvalue weighted by Crippen LogP contribution is -2.44. The van der Waals surface area contributed by atoms with Crippen molar-refractivity contribution in [2.24, 2.45) is 5.92 Å². The van der Waals surface area contributed by atoms with Gasteiger partial charge in [0.2, 0.25) is 5.91 Å². The summed E-state index contributed by atoms with van der Waals surface area (Å²) < 4.78 is 0. The molecule has 0 bridgehead atoms. The number of hydrogen-bond acceptors (Lipinski definition) is 2. The molecule has 21 heavy (non-hydrogen) atoms. The number of carbonyl (C=O) groups excluding carboxylic acids is 1. The zero-order valence-electron chi connectivity index (χ0n) is 13.0. The Balaban J connectivity index is 2.84. The van der Waals surface area contributed by atoms with Gasteiger partial charge < -0.3 is 10.4 Å². The molecule has 2 N–H and O–H groups in total. The number of carbonyl (C=O) groups is 2. The predicted molar refractivity (Wildman–Crippen MR) is 83.1 cm³/mol. The van der Waals surface area contributed by atoms with Crippen LogP contribution in [0, 0.1) is 5.92 Å². The van der Waals surface area contributed by atoms with E-state index in [1.807, 2.05) is 51.1 Å². The number of rotatable bonds is 8. The summed E-state index contributed by atoms with van der Waals surface area (Å²) in [6.45, 7) is 5.94. The van der Waals surface area contributed by atoms with Gasteiger partial charge in [-0.1, -0.05) is 63.9 Å². The van der Waals surface area contributed by atoms with Gasteiger partial charge in [0.05, 0.1) is 5.92 Å². The fraction of sp³-hybridized carbons (Fsp3) is 0.529. The maximum Gasteiger partial charge on any atom is 0.326 e. The van der Waals surface area contributed by atoms with Crippen LogP contribution in [0.5, 0.6) is 0 Å². The van der Waals surface area contributed by atoms with E-state index in [1.165, 1.54) is 0 Å². The molecular formula is C17H25NO3. The molecule has 0 aliphatic carbocycles. The number of unbranched alkanes of at least 4 members (excludes halogenated alkanes) is 1. The van der Waals surface area contributed by atoms with Crippen molar-refractivity contribution in [1.82, 2.24) is 5.32 Å². The minimum atomic E-state index is -0.965. The number of aliphatic carboxylic acids is 1. The van der Waals surface area contributed by atoms with Crippen molar-refractivity contribution >= 4 is 11.9 Å². The molecule has 116 valence electrons. The largest absolute Gasteiger partial charge is 0.480 e. The van der Waals surface area contributed by atoms with Crippen molar-refractivity contribution < 1.29 is 14.7 Å². The minimum absolute atomic E-state index is 0.105. The number of hydrogen-bond donors (Lipinski definition) is 2. The molecule has 2 atom stereocenters. The zero-order chi connectivity index (χ0) is 15.8. The third-order valence-electron chi connectivity index (χ3n) is 3.57. The summed E-state index contributed by atoms with van der Waals surface area (Å²) in [5, 5.41) is 11.9. The molecule has 1 rings (SSSR count). The molecule has 4 heteroatoms. The van der Waals surface area contributed by atoms with Crippen LogP contribution in [0.25, 0.3) is 0 Å². The Kier molecular flexibility index (Phi) is 6.92. The van der Waals surface area contributed by atoms with Gasteiger partial charge in [-0.2, -0.15) is 0 Å². The Bertz CT molecular complexity index is 456. The Morgan fingerprint density at radius 1 is 1.19 bits per heavy atom. The second-order valence-corrected chi connectivity index (χ2v) is 5.67. The summed E-state index contributed by atoms with van der Waals surface area (Å²) in [6.07, 6.45) is 2.16. The van der Waals surface area contributed by atoms with Crippen LogP contribution in [0.15, 0.2) is 30.3 Å². The fourth-order valence-electron chi connectivity index (χ4n) is 2.43. The SMILES string of the molecule is CCCCC(NC(=O)C(c1ccccc1)C(C)C)C(=O)O. The molecule has 0 spiro atoms. The predicted octanol–water partition coefficient (Wildman–Crippen LogP) is 3.19. The van der Waals surface area contributed by atoms with Crippen LogP contribution in [0.4, 0.5) is 0 Å². The van der Waals surface area contributed by atoms with E-state index in [0.717, 1.165) is 18.4 Å². The van der Waals surface area contributed by atoms with Gasteiger partial charge in [-0.3, -0.25) is 4.79 Å². The molecule has 2 unspecified atom stereocenters. The number of nitrogens with one attached hydrogen (secondary N) is 1. The zero-order valence-corrected chi connectivity index (χ0v) is 13.0. The first-order valence-electron chi connectivity index (χ1n) is 7.55. The van der Waals surface area contributed by atoms with Crippen LogP contribution in [-0.4, -0.2) is 23.0 Å². The summed E-state index contributed by atoms with van der Waals surface area (Å²) in [6, 6.07) is 8.70. The lowest BCUT2D eigenvalue weighted by Gasteiger charge is -2.23. The van der Waals surface area contributed by atoms with Crippen LogP contribution in [0.1, 0.15) is 51.5 Å². The van der Waals surface area contributed by atoms with Gasteiger partial charge in [0.1, 0.15) is 6.04 Å². The second-order valence-electron chi connectivity index (χ2n) is 5.67. The monoisotopic (exact) mass is 291 g/mol. The maximum atomic E-state index is 12.5. The molecule has 0 saturated carbocycles. The number of amides is 1. The summed E-state index contributed by atoms with van der Waals surface area (Å²) in [7, 11) is 0. The third kappa shape index (κ3) is 5.21. The van der Waals surface area contributed by atoms with Gasteiger partial charge in [0.15, 0.2) is 0 Å². The molecule has 4 nitrogen and oxygen atoms in total. The van der Waals surface area contributed by atoms with Crippen molar-refractivity contribution in [1.29, 1.82) is 0 Å². The van der Waals surface area contributed by atoms with Gasteiger partial charge in [-0.05, 0) is 17.9 Å². The highest BCUT2D eigenvalue weighted by Crippen LogP contribution is 2.24. The van der Waals surface area contributed by atoms with E-state index < -0.39 is 12.0 Å². The van der Waals surface area contributed by atoms with Crippen molar-refractivity contribution in [3.8, 4) is 0 Å². The maximum absolute atomic E-state index is 12.5. The van der Waals surface area contributed by atoms with Gasteiger partial charge >= 0.3 is 5.97 Å². The number of carboxylic acid groups (broad SMARTS) is 1. The van der Waals surface area contributed by atoms with Gasteiger partial charge in [0, 0.05) is 0 Å². The average Bonchev–Trinajstić information content (AvgIpc) is 2.44. The lowest BCUT2D eigenvalue weighted by molar-refractivity contribution is -0.142. The summed E-state index contributed by atoms with van der Waals surface area (Å²) in [5.74, 6) is -1.39. The van der Waals surface area contributed by atoms with Crippen LogP contribution in [0.2, 0.25) is 0 Å². The summed E-state index contributed by atoms with van der Waals surface area (Å²) in [4.78, 5) is 23.7. The Morgan fingerprint density at radius 2 is 1.81 bits per heavy atom. The van der Waals surface area contributed by atoms with Crippen LogP contribution < -0.4 is 5.32 Å². The third-order valence-corrected chi connectivity index (χ3v) is 3.57. The first-order valence-corrected chi connectivity index (χ1v) is 7.55. The standard InChI is InChI=1S/C17H25NO3/c1-4-5-11-14(17(20)21)18-16(19)15(12(2)3)13-9-7-6-8-10-13/h6-10,12,14-15H,4-5,11H2,1-3H3,(H,18,19)(H,20,21). The highest BCUT2D eigenvalue weighted by molar-refractivity contribution is 5.88. The normalized spacial score (nSPS) is 13.7. The topological polar surface area (TPSA) is 66.4 Å². The molecule has 1 amide bonds. The van der Waals surface area contributed by atoms with E-state index in [1.54, 1.807) is 0 Å². The molecule has 1 aromatic rings. The minimum Gasteiger partial charge on any atom is -0.480 e. The lowest BCUT2D eigenvalue weighted by atomic mass is 9.87. The summed E-state index contributed by atoms with van der Waals surface area (Å²) >= 11 is 0. The fourth-order valence-corrected chi connectivity index (χ4v) is 2.43. The smallest absolute Gasteiger partial charge is 0.326 e. The van der Waals surface area contributed by atoms with E-state index in [0.29, 0.717) is 6.42 Å². The quantitative estimate of drug-likeness (QED) is 0.773. The molecule has 1 aromatic carbocycles. The Morgan fingerprint density at radius 3 is 2.29 bits per heavy atom. The van der Waals surface area contributed by atoms with Gasteiger partial charge in [-0.15, -0.1) is 0 Å². The van der Waals surface area contributed by atoms with Crippen LogP contribution >= 0.6 is 0 Å². The van der Waals surface area contributed by atoms with E-state index in [2.05, 4.69) is 5.32 Å². The van der Waals surface area contributed by atoms with E-state index >= 15 is 0 Å². The molecule has 0 saturated heterocycles.